The fourth-order valence-electron chi connectivity index (χ4n) is 4.13. The van der Waals surface area contributed by atoms with Crippen LogP contribution in [0, 0.1) is 6.92 Å². The second kappa shape index (κ2) is 6.56. The van der Waals surface area contributed by atoms with E-state index in [1.54, 1.807) is 0 Å². The van der Waals surface area contributed by atoms with Crippen molar-refractivity contribution < 1.29 is 9.53 Å². The van der Waals surface area contributed by atoms with Gasteiger partial charge in [-0.1, -0.05) is 65.8 Å². The molecular formula is C20H30O2Si. The van der Waals surface area contributed by atoms with Crippen molar-refractivity contribution in [2.75, 3.05) is 0 Å². The molecule has 0 amide bonds. The lowest BCUT2D eigenvalue weighted by atomic mass is 10.0. The Hall–Kier alpha value is -1.48. The molecule has 0 bridgehead atoms. The quantitative estimate of drug-likeness (QED) is 0.642. The van der Waals surface area contributed by atoms with Crippen LogP contribution in [0.15, 0.2) is 30.3 Å². The molecule has 0 spiro atoms. The van der Waals surface area contributed by atoms with Crippen molar-refractivity contribution in [1.29, 1.82) is 0 Å². The highest BCUT2D eigenvalue weighted by atomic mass is 28.4. The van der Waals surface area contributed by atoms with Crippen LogP contribution in [0.4, 0.5) is 0 Å². The van der Waals surface area contributed by atoms with E-state index in [9.17, 15) is 5.11 Å². The zero-order chi connectivity index (χ0) is 17.4. The highest BCUT2D eigenvalue weighted by molar-refractivity contribution is 6.78. The standard InChI is InChI=1S/C20H30O2Si/c1-13(2)23(14(3)4,15(5)6)22-20-12-19(21)18-11-9-8-10-17(18)16(20)7/h8-15,21H,1-7H3. The molecule has 0 saturated carbocycles. The van der Waals surface area contributed by atoms with Crippen LogP contribution in [0.3, 0.4) is 0 Å². The summed E-state index contributed by atoms with van der Waals surface area (Å²) in [5.74, 6) is 1.16. The van der Waals surface area contributed by atoms with Crippen LogP contribution in [-0.2, 0) is 0 Å². The van der Waals surface area contributed by atoms with Crippen molar-refractivity contribution in [2.24, 2.45) is 0 Å². The third kappa shape index (κ3) is 2.99. The van der Waals surface area contributed by atoms with Gasteiger partial charge in [0.25, 0.3) is 8.32 Å². The van der Waals surface area contributed by atoms with Crippen LogP contribution in [0.2, 0.25) is 16.6 Å². The summed E-state index contributed by atoms with van der Waals surface area (Å²) in [4.78, 5) is 0. The molecule has 0 heterocycles. The summed E-state index contributed by atoms with van der Waals surface area (Å²) in [5.41, 5.74) is 2.65. The van der Waals surface area contributed by atoms with Gasteiger partial charge in [-0.05, 0) is 34.5 Å². The fourth-order valence-corrected chi connectivity index (χ4v) is 9.43. The zero-order valence-electron chi connectivity index (χ0n) is 15.5. The van der Waals surface area contributed by atoms with E-state index in [0.717, 1.165) is 22.1 Å². The third-order valence-electron chi connectivity index (χ3n) is 5.24. The van der Waals surface area contributed by atoms with E-state index in [-0.39, 0.29) is 0 Å². The van der Waals surface area contributed by atoms with E-state index in [4.69, 9.17) is 4.43 Å². The van der Waals surface area contributed by atoms with E-state index in [1.165, 1.54) is 0 Å². The molecule has 0 aliphatic rings. The predicted molar refractivity (Wildman–Crippen MR) is 102 cm³/mol. The second-order valence-corrected chi connectivity index (χ2v) is 12.9. The number of rotatable bonds is 5. The Balaban J connectivity index is 2.62. The van der Waals surface area contributed by atoms with Crippen molar-refractivity contribution in [3.63, 3.8) is 0 Å². The number of hydrogen-bond acceptors (Lipinski definition) is 2. The topological polar surface area (TPSA) is 29.5 Å². The molecule has 0 radical (unpaired) electrons. The number of hydrogen-bond donors (Lipinski definition) is 1. The number of aryl methyl sites for hydroxylation is 1. The summed E-state index contributed by atoms with van der Waals surface area (Å²) in [6, 6.07) is 9.79. The molecular weight excluding hydrogens is 300 g/mol. The van der Waals surface area contributed by atoms with Crippen molar-refractivity contribution in [2.45, 2.75) is 65.1 Å². The molecule has 0 aliphatic heterocycles. The molecule has 3 heteroatoms. The van der Waals surface area contributed by atoms with Gasteiger partial charge in [0, 0.05) is 11.5 Å². The number of phenolic OH excluding ortho intramolecular Hbond substituents is 1. The molecule has 0 unspecified atom stereocenters. The molecule has 2 rings (SSSR count). The summed E-state index contributed by atoms with van der Waals surface area (Å²) >= 11 is 0. The minimum absolute atomic E-state index is 0.306. The van der Waals surface area contributed by atoms with Crippen LogP contribution in [0.1, 0.15) is 47.1 Å². The number of aromatic hydroxyl groups is 1. The zero-order valence-corrected chi connectivity index (χ0v) is 16.5. The van der Waals surface area contributed by atoms with Crippen molar-refractivity contribution in [3.8, 4) is 11.5 Å². The molecule has 126 valence electrons. The van der Waals surface area contributed by atoms with E-state index in [2.05, 4.69) is 54.5 Å². The lowest BCUT2D eigenvalue weighted by molar-refractivity contribution is 0.459. The first-order valence-corrected chi connectivity index (χ1v) is 10.8. The molecule has 0 aromatic heterocycles. The summed E-state index contributed by atoms with van der Waals surface area (Å²) < 4.78 is 6.79. The molecule has 2 aromatic rings. The molecule has 0 aliphatic carbocycles. The first kappa shape index (κ1) is 17.9. The van der Waals surface area contributed by atoms with E-state index in [1.807, 2.05) is 24.3 Å². The van der Waals surface area contributed by atoms with Gasteiger partial charge in [-0.15, -0.1) is 0 Å². The highest BCUT2D eigenvalue weighted by Gasteiger charge is 2.47. The molecule has 0 saturated heterocycles. The lowest BCUT2D eigenvalue weighted by Gasteiger charge is -2.42. The summed E-state index contributed by atoms with van der Waals surface area (Å²) in [6.45, 7) is 15.8. The smallest absolute Gasteiger partial charge is 0.258 e. The Morgan fingerprint density at radius 2 is 1.35 bits per heavy atom. The van der Waals surface area contributed by atoms with E-state index in [0.29, 0.717) is 22.4 Å². The first-order chi connectivity index (χ1) is 10.7. The van der Waals surface area contributed by atoms with Gasteiger partial charge in [-0.25, -0.2) is 0 Å². The Labute approximate surface area is 141 Å². The molecule has 23 heavy (non-hydrogen) atoms. The van der Waals surface area contributed by atoms with Gasteiger partial charge >= 0.3 is 0 Å². The summed E-state index contributed by atoms with van der Waals surface area (Å²) in [5, 5.41) is 12.4. The van der Waals surface area contributed by atoms with Gasteiger partial charge in [0.05, 0.1) is 0 Å². The first-order valence-electron chi connectivity index (χ1n) is 8.62. The van der Waals surface area contributed by atoms with Gasteiger partial charge in [-0.2, -0.15) is 0 Å². The molecule has 1 N–H and O–H groups in total. The lowest BCUT2D eigenvalue weighted by Crippen LogP contribution is -2.50. The Kier molecular flexibility index (Phi) is 5.09. The third-order valence-corrected chi connectivity index (χ3v) is 11.2. The van der Waals surface area contributed by atoms with Crippen molar-refractivity contribution >= 4 is 19.1 Å². The van der Waals surface area contributed by atoms with Crippen LogP contribution in [0.5, 0.6) is 11.5 Å². The monoisotopic (exact) mass is 330 g/mol. The largest absolute Gasteiger partial charge is 0.542 e. The second-order valence-electron chi connectivity index (χ2n) is 7.48. The maximum atomic E-state index is 10.4. The van der Waals surface area contributed by atoms with Crippen LogP contribution in [-0.4, -0.2) is 13.4 Å². The maximum absolute atomic E-state index is 10.4. The van der Waals surface area contributed by atoms with Gasteiger partial charge in [0.15, 0.2) is 0 Å². The maximum Gasteiger partial charge on any atom is 0.258 e. The molecule has 0 fully saturated rings. The Morgan fingerprint density at radius 1 is 0.870 bits per heavy atom. The van der Waals surface area contributed by atoms with Crippen molar-refractivity contribution in [3.05, 3.63) is 35.9 Å². The Bertz CT molecular complexity index is 668. The minimum Gasteiger partial charge on any atom is -0.542 e. The van der Waals surface area contributed by atoms with Crippen LogP contribution < -0.4 is 4.43 Å². The van der Waals surface area contributed by atoms with E-state index < -0.39 is 8.32 Å². The van der Waals surface area contributed by atoms with Gasteiger partial charge < -0.3 is 9.53 Å². The number of phenols is 1. The van der Waals surface area contributed by atoms with Gasteiger partial charge in [-0.3, -0.25) is 0 Å². The van der Waals surface area contributed by atoms with Gasteiger partial charge in [0.2, 0.25) is 0 Å². The van der Waals surface area contributed by atoms with Gasteiger partial charge in [0.1, 0.15) is 11.5 Å². The number of benzene rings is 2. The fraction of sp³-hybridized carbons (Fsp3) is 0.500. The molecule has 0 atom stereocenters. The van der Waals surface area contributed by atoms with Crippen molar-refractivity contribution in [1.82, 2.24) is 0 Å². The summed E-state index contributed by atoms with van der Waals surface area (Å²) in [7, 11) is -2.02. The van der Waals surface area contributed by atoms with Crippen LogP contribution in [0.25, 0.3) is 10.8 Å². The average Bonchev–Trinajstić information content (AvgIpc) is 2.48. The normalized spacial score (nSPS) is 12.6. The average molecular weight is 331 g/mol. The SMILES string of the molecule is Cc1c(O[Si](C(C)C)(C(C)C)C(C)C)cc(O)c2ccccc12. The Morgan fingerprint density at radius 3 is 1.83 bits per heavy atom. The van der Waals surface area contributed by atoms with Crippen LogP contribution >= 0.6 is 0 Å². The molecule has 2 aromatic carbocycles. The number of fused-ring (bicyclic) bond motifs is 1. The molecule has 2 nitrogen and oxygen atoms in total. The predicted octanol–water partition coefficient (Wildman–Crippen LogP) is 6.41. The minimum atomic E-state index is -2.02. The summed E-state index contributed by atoms with van der Waals surface area (Å²) in [6.07, 6.45) is 0. The highest BCUT2D eigenvalue weighted by Crippen LogP contribution is 2.45. The van der Waals surface area contributed by atoms with E-state index >= 15 is 0 Å².